The number of nitrogens with zero attached hydrogens (tertiary/aromatic N) is 2. The smallest absolute Gasteiger partial charge is 0.158 e. The number of anilines is 1. The lowest BCUT2D eigenvalue weighted by molar-refractivity contribution is 0.110. The second-order valence-electron chi connectivity index (χ2n) is 5.68. The highest BCUT2D eigenvalue weighted by Crippen LogP contribution is 2.32. The molecular weight excluding hydrogens is 284 g/mol. The van der Waals surface area contributed by atoms with Gasteiger partial charge in [-0.05, 0) is 38.2 Å². The van der Waals surface area contributed by atoms with Crippen LogP contribution in [0.2, 0.25) is 0 Å². The molecule has 0 aliphatic rings. The molecule has 2 aromatic rings. The summed E-state index contributed by atoms with van der Waals surface area (Å²) in [4.78, 5) is 11.3. The largest absolute Gasteiger partial charge is 0.373 e. The van der Waals surface area contributed by atoms with E-state index in [1.807, 2.05) is 0 Å². The van der Waals surface area contributed by atoms with Crippen LogP contribution in [0.25, 0.3) is 10.2 Å². The summed E-state index contributed by atoms with van der Waals surface area (Å²) in [6.45, 7) is 9.77. The number of aromatic nitrogens is 2. The number of rotatable bonds is 7. The maximum Gasteiger partial charge on any atom is 0.158 e. The number of nitrogens with one attached hydrogen (secondary N) is 1. The van der Waals surface area contributed by atoms with Crippen LogP contribution in [0.3, 0.4) is 0 Å². The number of aryl methyl sites for hydroxylation is 2. The maximum absolute atomic E-state index is 5.67. The second kappa shape index (κ2) is 7.15. The molecule has 0 fully saturated rings. The SMILES string of the molecule is Cc1sc2nc(COCCCC(C)C)nc(NN)c2c1C. The van der Waals surface area contributed by atoms with Gasteiger partial charge in [0.2, 0.25) is 0 Å². The van der Waals surface area contributed by atoms with Crippen LogP contribution in [0.15, 0.2) is 0 Å². The number of fused-ring (bicyclic) bond motifs is 1. The Morgan fingerprint density at radius 2 is 2.05 bits per heavy atom. The van der Waals surface area contributed by atoms with Crippen LogP contribution in [0.1, 0.15) is 43.0 Å². The van der Waals surface area contributed by atoms with E-state index in [1.54, 1.807) is 11.3 Å². The minimum atomic E-state index is 0.429. The molecule has 0 spiro atoms. The van der Waals surface area contributed by atoms with Gasteiger partial charge in [0.1, 0.15) is 11.4 Å². The number of nitrogens with two attached hydrogens (primary N) is 1. The van der Waals surface area contributed by atoms with Crippen LogP contribution < -0.4 is 11.3 Å². The summed E-state index contributed by atoms with van der Waals surface area (Å²) in [5.41, 5.74) is 3.87. The van der Waals surface area contributed by atoms with Crippen molar-refractivity contribution in [3.05, 3.63) is 16.3 Å². The third kappa shape index (κ3) is 3.90. The molecule has 0 amide bonds. The van der Waals surface area contributed by atoms with Gasteiger partial charge in [-0.25, -0.2) is 15.8 Å². The van der Waals surface area contributed by atoms with Gasteiger partial charge in [-0.3, -0.25) is 0 Å². The van der Waals surface area contributed by atoms with E-state index in [1.165, 1.54) is 16.9 Å². The van der Waals surface area contributed by atoms with E-state index < -0.39 is 0 Å². The van der Waals surface area contributed by atoms with Crippen molar-refractivity contribution in [3.8, 4) is 0 Å². The fourth-order valence-electron chi connectivity index (χ4n) is 2.22. The number of hydrogen-bond donors (Lipinski definition) is 2. The zero-order valence-corrected chi connectivity index (χ0v) is 14.0. The molecule has 2 heterocycles. The number of hydrazine groups is 1. The fraction of sp³-hybridized carbons (Fsp3) is 0.600. The minimum Gasteiger partial charge on any atom is -0.373 e. The molecule has 0 aromatic carbocycles. The van der Waals surface area contributed by atoms with E-state index in [2.05, 4.69) is 43.1 Å². The Bertz CT molecular complexity index is 609. The molecule has 0 atom stereocenters. The average molecular weight is 308 g/mol. The molecule has 21 heavy (non-hydrogen) atoms. The van der Waals surface area contributed by atoms with Gasteiger partial charge in [-0.2, -0.15) is 0 Å². The summed E-state index contributed by atoms with van der Waals surface area (Å²) < 4.78 is 5.67. The predicted octanol–water partition coefficient (Wildman–Crippen LogP) is 3.55. The van der Waals surface area contributed by atoms with Crippen molar-refractivity contribution in [3.63, 3.8) is 0 Å². The first-order chi connectivity index (χ1) is 10.0. The fourth-order valence-corrected chi connectivity index (χ4v) is 3.27. The zero-order valence-electron chi connectivity index (χ0n) is 13.2. The Balaban J connectivity index is 2.07. The first-order valence-corrected chi connectivity index (χ1v) is 8.15. The number of hydrogen-bond acceptors (Lipinski definition) is 6. The van der Waals surface area contributed by atoms with Crippen LogP contribution in [-0.4, -0.2) is 16.6 Å². The van der Waals surface area contributed by atoms with Gasteiger partial charge in [0.15, 0.2) is 11.6 Å². The Morgan fingerprint density at radius 3 is 2.71 bits per heavy atom. The number of ether oxygens (including phenoxy) is 1. The number of nitrogen functional groups attached to an aromatic ring is 1. The van der Waals surface area contributed by atoms with Crippen molar-refractivity contribution in [1.29, 1.82) is 0 Å². The molecule has 0 radical (unpaired) electrons. The number of thiophene rings is 1. The molecule has 5 nitrogen and oxygen atoms in total. The van der Waals surface area contributed by atoms with Crippen molar-refractivity contribution < 1.29 is 4.74 Å². The van der Waals surface area contributed by atoms with E-state index in [9.17, 15) is 0 Å². The average Bonchev–Trinajstić information content (AvgIpc) is 2.72. The van der Waals surface area contributed by atoms with Gasteiger partial charge in [-0.15, -0.1) is 11.3 Å². The molecule has 6 heteroatoms. The van der Waals surface area contributed by atoms with Gasteiger partial charge in [0, 0.05) is 11.5 Å². The van der Waals surface area contributed by atoms with Gasteiger partial charge in [-0.1, -0.05) is 13.8 Å². The maximum atomic E-state index is 5.67. The first-order valence-electron chi connectivity index (χ1n) is 7.34. The van der Waals surface area contributed by atoms with Gasteiger partial charge < -0.3 is 10.2 Å². The minimum absolute atomic E-state index is 0.429. The highest BCUT2D eigenvalue weighted by molar-refractivity contribution is 7.18. The molecule has 0 saturated carbocycles. The van der Waals surface area contributed by atoms with Crippen molar-refractivity contribution >= 4 is 27.4 Å². The summed E-state index contributed by atoms with van der Waals surface area (Å²) >= 11 is 1.67. The predicted molar refractivity (Wildman–Crippen MR) is 88.4 cm³/mol. The Kier molecular flexibility index (Phi) is 5.50. The Hall–Kier alpha value is -1.24. The van der Waals surface area contributed by atoms with Crippen LogP contribution >= 0.6 is 11.3 Å². The van der Waals surface area contributed by atoms with Crippen LogP contribution in [0.4, 0.5) is 5.82 Å². The lowest BCUT2D eigenvalue weighted by Gasteiger charge is -2.08. The van der Waals surface area contributed by atoms with Gasteiger partial charge >= 0.3 is 0 Å². The molecule has 116 valence electrons. The molecular formula is C15H24N4OS. The summed E-state index contributed by atoms with van der Waals surface area (Å²) in [5, 5.41) is 1.02. The molecule has 0 bridgehead atoms. The van der Waals surface area contributed by atoms with Crippen LogP contribution in [0.5, 0.6) is 0 Å². The highest BCUT2D eigenvalue weighted by Gasteiger charge is 2.13. The standard InChI is InChI=1S/C15H24N4OS/c1-9(2)6-5-7-20-8-12-17-14(19-16)13-10(3)11(4)21-15(13)18-12/h9H,5-8,16H2,1-4H3,(H,17,18,19). The monoisotopic (exact) mass is 308 g/mol. The van der Waals surface area contributed by atoms with Crippen LogP contribution in [-0.2, 0) is 11.3 Å². The Labute approximate surface area is 129 Å². The van der Waals surface area contributed by atoms with Gasteiger partial charge in [0.25, 0.3) is 0 Å². The topological polar surface area (TPSA) is 73.1 Å². The first kappa shape index (κ1) is 16.1. The second-order valence-corrected chi connectivity index (χ2v) is 6.89. The van der Waals surface area contributed by atoms with E-state index in [4.69, 9.17) is 10.6 Å². The Morgan fingerprint density at radius 1 is 1.29 bits per heavy atom. The van der Waals surface area contributed by atoms with E-state index >= 15 is 0 Å². The van der Waals surface area contributed by atoms with Crippen molar-refractivity contribution in [2.75, 3.05) is 12.0 Å². The van der Waals surface area contributed by atoms with E-state index in [0.717, 1.165) is 23.2 Å². The van der Waals surface area contributed by atoms with Crippen molar-refractivity contribution in [1.82, 2.24) is 9.97 Å². The van der Waals surface area contributed by atoms with Gasteiger partial charge in [0.05, 0.1) is 5.39 Å². The normalized spacial score (nSPS) is 11.5. The molecule has 0 saturated heterocycles. The van der Waals surface area contributed by atoms with E-state index in [-0.39, 0.29) is 0 Å². The zero-order chi connectivity index (χ0) is 15.4. The summed E-state index contributed by atoms with van der Waals surface area (Å²) in [5.74, 6) is 7.68. The van der Waals surface area contributed by atoms with E-state index in [0.29, 0.717) is 24.2 Å². The molecule has 0 aliphatic heterocycles. The molecule has 0 aliphatic carbocycles. The highest BCUT2D eigenvalue weighted by atomic mass is 32.1. The third-order valence-corrected chi connectivity index (χ3v) is 4.61. The van der Waals surface area contributed by atoms with Crippen molar-refractivity contribution in [2.45, 2.75) is 47.1 Å². The summed E-state index contributed by atoms with van der Waals surface area (Å²) in [6.07, 6.45) is 2.25. The van der Waals surface area contributed by atoms with Crippen LogP contribution in [0, 0.1) is 19.8 Å². The summed E-state index contributed by atoms with van der Waals surface area (Å²) in [6, 6.07) is 0. The lowest BCUT2D eigenvalue weighted by atomic mass is 10.1. The molecule has 0 unspecified atom stereocenters. The van der Waals surface area contributed by atoms with Crippen molar-refractivity contribution in [2.24, 2.45) is 11.8 Å². The molecule has 3 N–H and O–H groups in total. The molecule has 2 aromatic heterocycles. The molecule has 2 rings (SSSR count). The quantitative estimate of drug-likeness (QED) is 0.465. The third-order valence-electron chi connectivity index (χ3n) is 3.51. The summed E-state index contributed by atoms with van der Waals surface area (Å²) in [7, 11) is 0. The lowest BCUT2D eigenvalue weighted by Crippen LogP contribution is -2.11.